The summed E-state index contributed by atoms with van der Waals surface area (Å²) in [5, 5.41) is 13.7. The first kappa shape index (κ1) is 23.4. The summed E-state index contributed by atoms with van der Waals surface area (Å²) >= 11 is 1.30. The number of carbonyl (C=O) groups excluding carboxylic acids is 2. The highest BCUT2D eigenvalue weighted by molar-refractivity contribution is 7.17. The van der Waals surface area contributed by atoms with Gasteiger partial charge in [0, 0.05) is 36.6 Å². The number of benzene rings is 2. The minimum atomic E-state index is -0.464. The lowest BCUT2D eigenvalue weighted by Gasteiger charge is -2.26. The van der Waals surface area contributed by atoms with Gasteiger partial charge in [0.2, 0.25) is 0 Å². The molecule has 8 nitrogen and oxygen atoms in total. The maximum atomic E-state index is 13.0. The van der Waals surface area contributed by atoms with Gasteiger partial charge in [-0.2, -0.15) is 0 Å². The molecule has 1 saturated heterocycles. The molecule has 2 amide bonds. The fraction of sp³-hybridized carbons (Fsp3) is 0.280. The second kappa shape index (κ2) is 10.9. The Balaban J connectivity index is 1.48. The van der Waals surface area contributed by atoms with Crippen molar-refractivity contribution in [2.45, 2.75) is 25.8 Å². The quantitative estimate of drug-likeness (QED) is 0.374. The minimum absolute atomic E-state index is 0.00473. The molecule has 0 saturated carbocycles. The standard InChI is InChI=1S/C25H25N3O5S/c29-23(27-13-5-2-6-14-27)17-33-21-15-22(19-7-3-1-4-8-19)34-24(21)25(30)26-16-18-9-11-20(12-10-18)28(31)32/h1,3-4,7-12,15H,2,5-6,13-14,16-17H2,(H,26,30). The molecule has 1 aromatic heterocycles. The van der Waals surface area contributed by atoms with Gasteiger partial charge in [-0.3, -0.25) is 19.7 Å². The number of hydrogen-bond donors (Lipinski definition) is 1. The number of nitro benzene ring substituents is 1. The van der Waals surface area contributed by atoms with E-state index in [0.717, 1.165) is 48.4 Å². The van der Waals surface area contributed by atoms with Crippen LogP contribution in [0.1, 0.15) is 34.5 Å². The maximum Gasteiger partial charge on any atom is 0.269 e. The largest absolute Gasteiger partial charge is 0.482 e. The molecule has 176 valence electrons. The topological polar surface area (TPSA) is 102 Å². The third-order valence-corrected chi connectivity index (χ3v) is 6.79. The Labute approximate surface area is 201 Å². The van der Waals surface area contributed by atoms with E-state index in [9.17, 15) is 19.7 Å². The molecule has 0 spiro atoms. The summed E-state index contributed by atoms with van der Waals surface area (Å²) in [6, 6.07) is 17.5. The molecule has 9 heteroatoms. The molecule has 2 heterocycles. The van der Waals surface area contributed by atoms with Gasteiger partial charge in [0.15, 0.2) is 6.61 Å². The highest BCUT2D eigenvalue weighted by Crippen LogP contribution is 2.36. The fourth-order valence-corrected chi connectivity index (χ4v) is 4.78. The van der Waals surface area contributed by atoms with Crippen LogP contribution >= 0.6 is 11.3 Å². The van der Waals surface area contributed by atoms with E-state index in [1.807, 2.05) is 35.2 Å². The van der Waals surface area contributed by atoms with Crippen LogP contribution in [0.15, 0.2) is 60.7 Å². The van der Waals surface area contributed by atoms with Crippen LogP contribution in [0.25, 0.3) is 10.4 Å². The first-order valence-electron chi connectivity index (χ1n) is 11.1. The van der Waals surface area contributed by atoms with Crippen LogP contribution in [0.3, 0.4) is 0 Å². The molecule has 2 aromatic carbocycles. The predicted molar refractivity (Wildman–Crippen MR) is 130 cm³/mol. The van der Waals surface area contributed by atoms with Gasteiger partial charge in [0.25, 0.3) is 17.5 Å². The summed E-state index contributed by atoms with van der Waals surface area (Å²) in [5.41, 5.74) is 1.69. The Bertz CT molecular complexity index is 1160. The van der Waals surface area contributed by atoms with Gasteiger partial charge < -0.3 is 15.0 Å². The Morgan fingerprint density at radius 3 is 2.41 bits per heavy atom. The van der Waals surface area contributed by atoms with E-state index in [1.54, 1.807) is 18.2 Å². The van der Waals surface area contributed by atoms with Crippen molar-refractivity contribution >= 4 is 28.8 Å². The van der Waals surface area contributed by atoms with Gasteiger partial charge in [0.1, 0.15) is 10.6 Å². The zero-order chi connectivity index (χ0) is 23.9. The number of nitrogens with zero attached hydrogens (tertiary/aromatic N) is 2. The SMILES string of the molecule is O=C(NCc1ccc([N+](=O)[O-])cc1)c1sc(-c2ccccc2)cc1OCC(=O)N1CCCCC1. The Morgan fingerprint density at radius 1 is 1.03 bits per heavy atom. The van der Waals surface area contributed by atoms with Crippen LogP contribution in [0.4, 0.5) is 5.69 Å². The molecule has 3 aromatic rings. The van der Waals surface area contributed by atoms with Crippen LogP contribution in [-0.2, 0) is 11.3 Å². The Hall–Kier alpha value is -3.72. The number of thiophene rings is 1. The molecule has 1 N–H and O–H groups in total. The first-order chi connectivity index (χ1) is 16.5. The van der Waals surface area contributed by atoms with Crippen molar-refractivity contribution in [1.82, 2.24) is 10.2 Å². The fourth-order valence-electron chi connectivity index (χ4n) is 3.76. The van der Waals surface area contributed by atoms with Crippen molar-refractivity contribution in [1.29, 1.82) is 0 Å². The number of carbonyl (C=O) groups is 2. The molecule has 4 rings (SSSR count). The molecule has 0 aliphatic carbocycles. The number of hydrogen-bond acceptors (Lipinski definition) is 6. The third-order valence-electron chi connectivity index (χ3n) is 5.62. The smallest absolute Gasteiger partial charge is 0.269 e. The molecular formula is C25H25N3O5S. The number of amides is 2. The zero-order valence-electron chi connectivity index (χ0n) is 18.6. The molecule has 0 unspecified atom stereocenters. The molecule has 1 aliphatic rings. The summed E-state index contributed by atoms with van der Waals surface area (Å²) < 4.78 is 5.85. The molecule has 0 bridgehead atoms. The number of non-ortho nitro benzene ring substituents is 1. The average molecular weight is 480 g/mol. The summed E-state index contributed by atoms with van der Waals surface area (Å²) in [6.07, 6.45) is 3.13. The van der Waals surface area contributed by atoms with Crippen LogP contribution in [0.5, 0.6) is 5.75 Å². The summed E-state index contributed by atoms with van der Waals surface area (Å²) in [5.74, 6) is -0.0363. The van der Waals surface area contributed by atoms with Crippen LogP contribution in [-0.4, -0.2) is 41.3 Å². The van der Waals surface area contributed by atoms with E-state index in [1.165, 1.54) is 23.5 Å². The van der Waals surface area contributed by atoms with E-state index in [0.29, 0.717) is 10.6 Å². The molecule has 1 aliphatic heterocycles. The average Bonchev–Trinajstić information content (AvgIpc) is 3.31. The van der Waals surface area contributed by atoms with Crippen LogP contribution in [0, 0.1) is 10.1 Å². The van der Waals surface area contributed by atoms with Gasteiger partial charge in [-0.15, -0.1) is 11.3 Å². The van der Waals surface area contributed by atoms with Crippen molar-refractivity contribution in [2.24, 2.45) is 0 Å². The van der Waals surface area contributed by atoms with Crippen molar-refractivity contribution in [2.75, 3.05) is 19.7 Å². The maximum absolute atomic E-state index is 13.0. The number of piperidine rings is 1. The van der Waals surface area contributed by atoms with Gasteiger partial charge >= 0.3 is 0 Å². The number of likely N-dealkylation sites (tertiary alicyclic amines) is 1. The minimum Gasteiger partial charge on any atom is -0.482 e. The van der Waals surface area contributed by atoms with Crippen LogP contribution < -0.4 is 10.1 Å². The van der Waals surface area contributed by atoms with Gasteiger partial charge in [-0.25, -0.2) is 0 Å². The number of nitro groups is 1. The monoisotopic (exact) mass is 479 g/mol. The summed E-state index contributed by atoms with van der Waals surface area (Å²) in [4.78, 5) is 39.0. The van der Waals surface area contributed by atoms with Crippen molar-refractivity contribution < 1.29 is 19.2 Å². The molecule has 0 radical (unpaired) electrons. The van der Waals surface area contributed by atoms with E-state index in [-0.39, 0.29) is 30.7 Å². The molecular weight excluding hydrogens is 454 g/mol. The normalized spacial score (nSPS) is 13.4. The summed E-state index contributed by atoms with van der Waals surface area (Å²) in [6.45, 7) is 1.57. The zero-order valence-corrected chi connectivity index (χ0v) is 19.4. The second-order valence-corrected chi connectivity index (χ2v) is 9.06. The van der Waals surface area contributed by atoms with Crippen molar-refractivity contribution in [3.8, 4) is 16.2 Å². The molecule has 0 atom stereocenters. The number of rotatable bonds is 8. The number of ether oxygens (including phenoxy) is 1. The summed E-state index contributed by atoms with van der Waals surface area (Å²) in [7, 11) is 0. The molecule has 34 heavy (non-hydrogen) atoms. The van der Waals surface area contributed by atoms with E-state index < -0.39 is 4.92 Å². The lowest BCUT2D eigenvalue weighted by atomic mass is 10.1. The lowest BCUT2D eigenvalue weighted by Crippen LogP contribution is -2.38. The molecule has 1 fully saturated rings. The highest BCUT2D eigenvalue weighted by atomic mass is 32.1. The van der Waals surface area contributed by atoms with E-state index in [2.05, 4.69) is 5.32 Å². The van der Waals surface area contributed by atoms with E-state index in [4.69, 9.17) is 4.74 Å². The predicted octanol–water partition coefficient (Wildman–Crippen LogP) is 4.64. The van der Waals surface area contributed by atoms with Crippen molar-refractivity contribution in [3.05, 3.63) is 81.2 Å². The highest BCUT2D eigenvalue weighted by Gasteiger charge is 2.22. The number of nitrogens with one attached hydrogen (secondary N) is 1. The van der Waals surface area contributed by atoms with Crippen molar-refractivity contribution in [3.63, 3.8) is 0 Å². The van der Waals surface area contributed by atoms with Gasteiger partial charge in [0.05, 0.1) is 4.92 Å². The first-order valence-corrected chi connectivity index (χ1v) is 11.9. The Morgan fingerprint density at radius 2 is 1.74 bits per heavy atom. The second-order valence-electron chi connectivity index (χ2n) is 8.01. The van der Waals surface area contributed by atoms with Gasteiger partial charge in [-0.1, -0.05) is 42.5 Å². The lowest BCUT2D eigenvalue weighted by molar-refractivity contribution is -0.384. The van der Waals surface area contributed by atoms with E-state index >= 15 is 0 Å². The van der Waals surface area contributed by atoms with Gasteiger partial charge in [-0.05, 0) is 36.5 Å². The Kier molecular flexibility index (Phi) is 7.54. The van der Waals surface area contributed by atoms with Crippen LogP contribution in [0.2, 0.25) is 0 Å². The third kappa shape index (κ3) is 5.79.